The van der Waals surface area contributed by atoms with Gasteiger partial charge in [-0.1, -0.05) is 30.0 Å². The highest BCUT2D eigenvalue weighted by Gasteiger charge is 2.24. The SMILES string of the molecule is OCCc1ccc(O)c(C2Nc3ccccc3S2)c1. The van der Waals surface area contributed by atoms with Gasteiger partial charge >= 0.3 is 0 Å². The molecule has 3 rings (SSSR count). The van der Waals surface area contributed by atoms with E-state index in [2.05, 4.69) is 11.4 Å². The molecule has 4 heteroatoms. The Labute approximate surface area is 116 Å². The smallest absolute Gasteiger partial charge is 0.121 e. The zero-order valence-electron chi connectivity index (χ0n) is 10.3. The van der Waals surface area contributed by atoms with Gasteiger partial charge in [-0.2, -0.15) is 0 Å². The van der Waals surface area contributed by atoms with Crippen LogP contribution in [0.3, 0.4) is 0 Å². The lowest BCUT2D eigenvalue weighted by Crippen LogP contribution is -2.03. The normalized spacial score (nSPS) is 17.0. The molecule has 0 radical (unpaired) electrons. The number of aliphatic hydroxyl groups is 1. The fraction of sp³-hybridized carbons (Fsp3) is 0.200. The van der Waals surface area contributed by atoms with Crippen molar-refractivity contribution >= 4 is 17.4 Å². The number of rotatable bonds is 3. The molecule has 3 N–H and O–H groups in total. The Balaban J connectivity index is 1.90. The first-order valence-electron chi connectivity index (χ1n) is 6.23. The predicted octanol–water partition coefficient (Wildman–Crippen LogP) is 3.14. The number of hydrogen-bond donors (Lipinski definition) is 3. The molecule has 1 atom stereocenters. The average Bonchev–Trinajstić information content (AvgIpc) is 2.85. The van der Waals surface area contributed by atoms with Gasteiger partial charge < -0.3 is 15.5 Å². The van der Waals surface area contributed by atoms with Gasteiger partial charge in [-0.15, -0.1) is 0 Å². The largest absolute Gasteiger partial charge is 0.508 e. The molecular weight excluding hydrogens is 258 g/mol. The topological polar surface area (TPSA) is 52.5 Å². The number of fused-ring (bicyclic) bond motifs is 1. The molecule has 0 saturated heterocycles. The van der Waals surface area contributed by atoms with E-state index in [0.717, 1.165) is 16.8 Å². The van der Waals surface area contributed by atoms with Crippen LogP contribution >= 0.6 is 11.8 Å². The Morgan fingerprint density at radius 2 is 2.00 bits per heavy atom. The second kappa shape index (κ2) is 5.15. The van der Waals surface area contributed by atoms with Gasteiger partial charge in [-0.25, -0.2) is 0 Å². The van der Waals surface area contributed by atoms with Crippen molar-refractivity contribution in [3.8, 4) is 5.75 Å². The van der Waals surface area contributed by atoms with Crippen molar-refractivity contribution in [2.24, 2.45) is 0 Å². The number of thioether (sulfide) groups is 1. The minimum Gasteiger partial charge on any atom is -0.508 e. The zero-order valence-corrected chi connectivity index (χ0v) is 11.2. The summed E-state index contributed by atoms with van der Waals surface area (Å²) in [6, 6.07) is 13.6. The number of para-hydroxylation sites is 1. The number of aliphatic hydroxyl groups excluding tert-OH is 1. The molecule has 1 aliphatic heterocycles. The Hall–Kier alpha value is -1.65. The fourth-order valence-electron chi connectivity index (χ4n) is 2.23. The predicted molar refractivity (Wildman–Crippen MR) is 77.6 cm³/mol. The summed E-state index contributed by atoms with van der Waals surface area (Å²) in [5, 5.41) is 22.5. The van der Waals surface area contributed by atoms with Gasteiger partial charge in [0.05, 0.1) is 0 Å². The first-order chi connectivity index (χ1) is 9.28. The lowest BCUT2D eigenvalue weighted by atomic mass is 10.1. The van der Waals surface area contributed by atoms with E-state index in [1.807, 2.05) is 30.3 Å². The van der Waals surface area contributed by atoms with Gasteiger partial charge in [0, 0.05) is 22.8 Å². The monoisotopic (exact) mass is 273 g/mol. The first-order valence-corrected chi connectivity index (χ1v) is 7.11. The summed E-state index contributed by atoms with van der Waals surface area (Å²) in [5.74, 6) is 0.291. The summed E-state index contributed by atoms with van der Waals surface area (Å²) < 4.78 is 0. The third-order valence-corrected chi connectivity index (χ3v) is 4.41. The van der Waals surface area contributed by atoms with Crippen molar-refractivity contribution in [2.45, 2.75) is 16.7 Å². The molecule has 1 heterocycles. The van der Waals surface area contributed by atoms with Crippen molar-refractivity contribution in [3.05, 3.63) is 53.6 Å². The molecule has 19 heavy (non-hydrogen) atoms. The van der Waals surface area contributed by atoms with E-state index in [-0.39, 0.29) is 12.0 Å². The highest BCUT2D eigenvalue weighted by Crippen LogP contribution is 2.48. The zero-order chi connectivity index (χ0) is 13.2. The highest BCUT2D eigenvalue weighted by atomic mass is 32.2. The Morgan fingerprint density at radius 3 is 2.79 bits per heavy atom. The van der Waals surface area contributed by atoms with Crippen molar-refractivity contribution in [3.63, 3.8) is 0 Å². The Bertz CT molecular complexity index is 575. The molecule has 98 valence electrons. The molecule has 1 aliphatic rings. The summed E-state index contributed by atoms with van der Waals surface area (Å²) in [7, 11) is 0. The molecule has 2 aromatic rings. The minimum atomic E-state index is 0.0241. The summed E-state index contributed by atoms with van der Waals surface area (Å²) >= 11 is 1.70. The summed E-state index contributed by atoms with van der Waals surface area (Å²) in [4.78, 5) is 1.19. The van der Waals surface area contributed by atoms with Gasteiger partial charge in [-0.3, -0.25) is 0 Å². The highest BCUT2D eigenvalue weighted by molar-refractivity contribution is 8.00. The lowest BCUT2D eigenvalue weighted by Gasteiger charge is -2.14. The molecular formula is C15H15NO2S. The van der Waals surface area contributed by atoms with Crippen LogP contribution in [0.25, 0.3) is 0 Å². The van der Waals surface area contributed by atoms with Crippen molar-refractivity contribution in [2.75, 3.05) is 11.9 Å². The van der Waals surface area contributed by atoms with E-state index in [1.54, 1.807) is 17.8 Å². The third-order valence-electron chi connectivity index (χ3n) is 3.19. The quantitative estimate of drug-likeness (QED) is 0.804. The van der Waals surface area contributed by atoms with E-state index < -0.39 is 0 Å². The van der Waals surface area contributed by atoms with Crippen molar-refractivity contribution < 1.29 is 10.2 Å². The van der Waals surface area contributed by atoms with Crippen LogP contribution < -0.4 is 5.32 Å². The Morgan fingerprint density at radius 1 is 1.16 bits per heavy atom. The van der Waals surface area contributed by atoms with Crippen molar-refractivity contribution in [1.29, 1.82) is 0 Å². The van der Waals surface area contributed by atoms with Crippen LogP contribution in [0.1, 0.15) is 16.5 Å². The van der Waals surface area contributed by atoms with Gasteiger partial charge in [0.2, 0.25) is 0 Å². The second-order valence-corrected chi connectivity index (χ2v) is 5.65. The van der Waals surface area contributed by atoms with E-state index >= 15 is 0 Å². The Kier molecular flexibility index (Phi) is 3.36. The summed E-state index contributed by atoms with van der Waals surface area (Å²) in [6.07, 6.45) is 0.609. The van der Waals surface area contributed by atoms with Gasteiger partial charge in [-0.05, 0) is 36.2 Å². The van der Waals surface area contributed by atoms with E-state index in [0.29, 0.717) is 12.2 Å². The van der Waals surface area contributed by atoms with Crippen LogP contribution in [0.4, 0.5) is 5.69 Å². The van der Waals surface area contributed by atoms with E-state index in [9.17, 15) is 5.11 Å². The second-order valence-electron chi connectivity index (χ2n) is 4.51. The van der Waals surface area contributed by atoms with Crippen LogP contribution in [0.5, 0.6) is 5.75 Å². The third kappa shape index (κ3) is 2.41. The number of benzene rings is 2. The van der Waals surface area contributed by atoms with Crippen LogP contribution in [0, 0.1) is 0 Å². The van der Waals surface area contributed by atoms with Crippen LogP contribution in [0.15, 0.2) is 47.4 Å². The molecule has 1 unspecified atom stereocenters. The van der Waals surface area contributed by atoms with Gasteiger partial charge in [0.15, 0.2) is 0 Å². The number of anilines is 1. The molecule has 0 fully saturated rings. The summed E-state index contributed by atoms with van der Waals surface area (Å²) in [5.41, 5.74) is 3.00. The molecule has 0 spiro atoms. The number of aromatic hydroxyl groups is 1. The van der Waals surface area contributed by atoms with Crippen LogP contribution in [0.2, 0.25) is 0 Å². The maximum atomic E-state index is 10.0. The average molecular weight is 273 g/mol. The van der Waals surface area contributed by atoms with Crippen LogP contribution in [-0.2, 0) is 6.42 Å². The van der Waals surface area contributed by atoms with Crippen molar-refractivity contribution in [1.82, 2.24) is 0 Å². The molecule has 0 aliphatic carbocycles. The maximum Gasteiger partial charge on any atom is 0.121 e. The summed E-state index contributed by atoms with van der Waals surface area (Å²) in [6.45, 7) is 0.121. The van der Waals surface area contributed by atoms with E-state index in [4.69, 9.17) is 5.11 Å². The standard InChI is InChI=1S/C15H15NO2S/c17-8-7-10-5-6-13(18)11(9-10)15-16-12-3-1-2-4-14(12)19-15/h1-6,9,15-18H,7-8H2. The molecule has 0 saturated carbocycles. The number of nitrogens with one attached hydrogen (secondary N) is 1. The molecule has 0 amide bonds. The first kappa shape index (κ1) is 12.4. The molecule has 3 nitrogen and oxygen atoms in total. The molecule has 0 aromatic heterocycles. The number of hydrogen-bond acceptors (Lipinski definition) is 4. The minimum absolute atomic E-state index is 0.0241. The lowest BCUT2D eigenvalue weighted by molar-refractivity contribution is 0.299. The molecule has 0 bridgehead atoms. The van der Waals surface area contributed by atoms with E-state index in [1.165, 1.54) is 4.90 Å². The number of phenols is 1. The number of phenolic OH excluding ortho intramolecular Hbond substituents is 1. The van der Waals surface area contributed by atoms with Crippen LogP contribution in [-0.4, -0.2) is 16.8 Å². The van der Waals surface area contributed by atoms with Gasteiger partial charge in [0.25, 0.3) is 0 Å². The molecule has 2 aromatic carbocycles. The fourth-order valence-corrected chi connectivity index (χ4v) is 3.39. The van der Waals surface area contributed by atoms with Gasteiger partial charge in [0.1, 0.15) is 11.1 Å². The maximum absolute atomic E-state index is 10.0.